The number of carbonyl (C=O) groups is 2. The van der Waals surface area contributed by atoms with Crippen LogP contribution in [0.15, 0.2) is 11.6 Å². The first kappa shape index (κ1) is 14.7. The molecule has 120 valence electrons. The lowest BCUT2D eigenvalue weighted by Gasteiger charge is -2.57. The molecule has 0 aliphatic heterocycles. The van der Waals surface area contributed by atoms with Gasteiger partial charge < -0.3 is 0 Å². The summed E-state index contributed by atoms with van der Waals surface area (Å²) in [7, 11) is 0. The largest absolute Gasteiger partial charge is 0.299 e. The van der Waals surface area contributed by atoms with E-state index in [1.54, 1.807) is 0 Å². The lowest BCUT2D eigenvalue weighted by molar-refractivity contribution is -0.134. The third-order valence-corrected chi connectivity index (χ3v) is 8.04. The fourth-order valence-electron chi connectivity index (χ4n) is 6.78. The number of rotatable bonds is 1. The summed E-state index contributed by atoms with van der Waals surface area (Å²) in [5.41, 5.74) is 1.68. The molecule has 4 rings (SSSR count). The van der Waals surface area contributed by atoms with Crippen molar-refractivity contribution in [2.45, 2.75) is 71.6 Å². The quantitative estimate of drug-likeness (QED) is 0.715. The van der Waals surface area contributed by atoms with E-state index < -0.39 is 0 Å². The van der Waals surface area contributed by atoms with E-state index in [1.807, 2.05) is 6.08 Å². The zero-order valence-corrected chi connectivity index (χ0v) is 14.0. The molecule has 3 saturated carbocycles. The van der Waals surface area contributed by atoms with Crippen LogP contribution >= 0.6 is 0 Å². The molecule has 22 heavy (non-hydrogen) atoms. The number of Topliss-reactive ketones (excluding diaryl/α,β-unsaturated/α-hetero) is 1. The summed E-state index contributed by atoms with van der Waals surface area (Å²) in [5, 5.41) is 0. The SMILES string of the molecule is CC[C@]12CC[C@@H]3[C@@H](CCC4=CC(=O)CC[C@]43C)[C@@H]1CCC2=O. The monoisotopic (exact) mass is 300 g/mol. The van der Waals surface area contributed by atoms with Gasteiger partial charge in [0.1, 0.15) is 5.78 Å². The summed E-state index contributed by atoms with van der Waals surface area (Å²) in [5.74, 6) is 2.94. The molecule has 0 heterocycles. The first-order valence-corrected chi connectivity index (χ1v) is 9.28. The maximum Gasteiger partial charge on any atom is 0.155 e. The Morgan fingerprint density at radius 1 is 1.05 bits per heavy atom. The molecule has 0 amide bonds. The Labute approximate surface area is 133 Å². The van der Waals surface area contributed by atoms with Crippen LogP contribution in [0.3, 0.4) is 0 Å². The maximum atomic E-state index is 12.6. The number of fused-ring (bicyclic) bond motifs is 5. The minimum atomic E-state index is 0.0171. The van der Waals surface area contributed by atoms with Crippen molar-refractivity contribution in [3.63, 3.8) is 0 Å². The number of carbonyl (C=O) groups excluding carboxylic acids is 2. The average molecular weight is 300 g/mol. The number of hydrogen-bond acceptors (Lipinski definition) is 2. The molecule has 2 nitrogen and oxygen atoms in total. The van der Waals surface area contributed by atoms with Gasteiger partial charge in [-0.05, 0) is 74.2 Å². The molecule has 3 fully saturated rings. The Balaban J connectivity index is 1.70. The Morgan fingerprint density at radius 3 is 2.64 bits per heavy atom. The molecule has 4 aliphatic rings. The highest BCUT2D eigenvalue weighted by molar-refractivity contribution is 5.91. The van der Waals surface area contributed by atoms with E-state index >= 15 is 0 Å². The van der Waals surface area contributed by atoms with Crippen LogP contribution in [0.1, 0.15) is 71.6 Å². The molecule has 0 spiro atoms. The number of ketones is 2. The van der Waals surface area contributed by atoms with Crippen molar-refractivity contribution >= 4 is 11.6 Å². The Kier molecular flexibility index (Phi) is 3.19. The van der Waals surface area contributed by atoms with Crippen molar-refractivity contribution in [2.24, 2.45) is 28.6 Å². The van der Waals surface area contributed by atoms with Crippen LogP contribution in [-0.4, -0.2) is 11.6 Å². The van der Waals surface area contributed by atoms with Gasteiger partial charge >= 0.3 is 0 Å². The molecule has 5 atom stereocenters. The second-order valence-corrected chi connectivity index (χ2v) is 8.48. The van der Waals surface area contributed by atoms with Crippen LogP contribution in [0, 0.1) is 28.6 Å². The van der Waals surface area contributed by atoms with Gasteiger partial charge in [-0.3, -0.25) is 9.59 Å². The van der Waals surface area contributed by atoms with Crippen LogP contribution < -0.4 is 0 Å². The molecule has 0 N–H and O–H groups in total. The normalized spacial score (nSPS) is 47.5. The molecule has 0 saturated heterocycles. The third-order valence-electron chi connectivity index (χ3n) is 8.04. The van der Waals surface area contributed by atoms with Crippen LogP contribution in [-0.2, 0) is 9.59 Å². The number of allylic oxidation sites excluding steroid dienone is 1. The molecule has 0 unspecified atom stereocenters. The maximum absolute atomic E-state index is 12.6. The average Bonchev–Trinajstić information content (AvgIpc) is 2.86. The Morgan fingerprint density at radius 2 is 1.86 bits per heavy atom. The second kappa shape index (κ2) is 4.79. The van der Waals surface area contributed by atoms with Crippen molar-refractivity contribution in [2.75, 3.05) is 0 Å². The predicted molar refractivity (Wildman–Crippen MR) is 86.3 cm³/mol. The van der Waals surface area contributed by atoms with Gasteiger partial charge in [-0.1, -0.05) is 19.4 Å². The summed E-state index contributed by atoms with van der Waals surface area (Å²) >= 11 is 0. The van der Waals surface area contributed by atoms with Crippen molar-refractivity contribution in [1.29, 1.82) is 0 Å². The van der Waals surface area contributed by atoms with E-state index in [1.165, 1.54) is 18.4 Å². The van der Waals surface area contributed by atoms with Crippen LogP contribution in [0.5, 0.6) is 0 Å². The zero-order valence-electron chi connectivity index (χ0n) is 14.0. The predicted octanol–water partition coefficient (Wildman–Crippen LogP) is 4.48. The molecule has 0 bridgehead atoms. The summed E-state index contributed by atoms with van der Waals surface area (Å²) in [4.78, 5) is 24.4. The van der Waals surface area contributed by atoms with Crippen LogP contribution in [0.2, 0.25) is 0 Å². The van der Waals surface area contributed by atoms with E-state index in [9.17, 15) is 9.59 Å². The second-order valence-electron chi connectivity index (χ2n) is 8.48. The first-order chi connectivity index (χ1) is 10.5. The minimum Gasteiger partial charge on any atom is -0.299 e. The highest BCUT2D eigenvalue weighted by atomic mass is 16.1. The fraction of sp³-hybridized carbons (Fsp3) is 0.800. The number of hydrogen-bond donors (Lipinski definition) is 0. The van der Waals surface area contributed by atoms with Gasteiger partial charge in [-0.15, -0.1) is 0 Å². The van der Waals surface area contributed by atoms with Crippen molar-refractivity contribution in [1.82, 2.24) is 0 Å². The van der Waals surface area contributed by atoms with Gasteiger partial charge in [-0.2, -0.15) is 0 Å². The Hall–Kier alpha value is -0.920. The van der Waals surface area contributed by atoms with Crippen molar-refractivity contribution in [3.05, 3.63) is 11.6 Å². The molecular weight excluding hydrogens is 272 g/mol. The summed E-state index contributed by atoms with van der Waals surface area (Å²) in [6, 6.07) is 0. The first-order valence-electron chi connectivity index (χ1n) is 9.28. The van der Waals surface area contributed by atoms with Crippen molar-refractivity contribution < 1.29 is 9.59 Å². The molecule has 2 heteroatoms. The molecule has 0 aromatic carbocycles. The molecule has 0 aromatic rings. The standard InChI is InChI=1S/C20H28O2/c1-3-20-11-9-16-15(17(20)6-7-18(20)22)5-4-13-12-14(21)8-10-19(13,16)2/h12,15-17H,3-11H2,1-2H3/t15-,16-,17+,19-,20+/m1/s1. The summed E-state index contributed by atoms with van der Waals surface area (Å²) in [6.07, 6.45) is 11.3. The van der Waals surface area contributed by atoms with Gasteiger partial charge in [0.05, 0.1) is 0 Å². The van der Waals surface area contributed by atoms with Gasteiger partial charge in [-0.25, -0.2) is 0 Å². The summed E-state index contributed by atoms with van der Waals surface area (Å²) < 4.78 is 0. The van der Waals surface area contributed by atoms with Crippen LogP contribution in [0.25, 0.3) is 0 Å². The minimum absolute atomic E-state index is 0.0171. The van der Waals surface area contributed by atoms with Gasteiger partial charge in [0.15, 0.2) is 5.78 Å². The van der Waals surface area contributed by atoms with Crippen LogP contribution in [0.4, 0.5) is 0 Å². The third kappa shape index (κ3) is 1.73. The molecular formula is C20H28O2. The lowest BCUT2D eigenvalue weighted by atomic mass is 9.47. The highest BCUT2D eigenvalue weighted by Crippen LogP contribution is 2.65. The van der Waals surface area contributed by atoms with E-state index in [0.29, 0.717) is 23.4 Å². The topological polar surface area (TPSA) is 34.1 Å². The molecule has 0 radical (unpaired) electrons. The van der Waals surface area contributed by atoms with E-state index in [4.69, 9.17) is 0 Å². The molecule has 4 aliphatic carbocycles. The van der Waals surface area contributed by atoms with E-state index in [2.05, 4.69) is 13.8 Å². The zero-order chi connectivity index (χ0) is 15.5. The Bertz CT molecular complexity index is 560. The smallest absolute Gasteiger partial charge is 0.155 e. The van der Waals surface area contributed by atoms with Gasteiger partial charge in [0, 0.05) is 18.3 Å². The van der Waals surface area contributed by atoms with E-state index in [-0.39, 0.29) is 10.8 Å². The van der Waals surface area contributed by atoms with Gasteiger partial charge in [0.25, 0.3) is 0 Å². The summed E-state index contributed by atoms with van der Waals surface area (Å²) in [6.45, 7) is 4.64. The molecule has 0 aromatic heterocycles. The van der Waals surface area contributed by atoms with Crippen molar-refractivity contribution in [3.8, 4) is 0 Å². The van der Waals surface area contributed by atoms with Gasteiger partial charge in [0.2, 0.25) is 0 Å². The highest BCUT2D eigenvalue weighted by Gasteiger charge is 2.59. The fourth-order valence-corrected chi connectivity index (χ4v) is 6.78. The van der Waals surface area contributed by atoms with E-state index in [0.717, 1.165) is 50.9 Å². The lowest BCUT2D eigenvalue weighted by Crippen LogP contribution is -2.51.